The highest BCUT2D eigenvalue weighted by molar-refractivity contribution is 9.10. The molecule has 5 nitrogen and oxygen atoms in total. The molecule has 24 heavy (non-hydrogen) atoms. The van der Waals surface area contributed by atoms with Crippen LogP contribution in [0.25, 0.3) is 5.69 Å². The van der Waals surface area contributed by atoms with E-state index >= 15 is 0 Å². The summed E-state index contributed by atoms with van der Waals surface area (Å²) in [7, 11) is 0. The first-order chi connectivity index (χ1) is 11.0. The van der Waals surface area contributed by atoms with Gasteiger partial charge in [0, 0.05) is 22.5 Å². The lowest BCUT2D eigenvalue weighted by Gasteiger charge is -2.27. The first-order valence-corrected chi connectivity index (χ1v) is 8.69. The Kier molecular flexibility index (Phi) is 6.43. The number of aryl methyl sites for hydroxylation is 1. The van der Waals surface area contributed by atoms with Gasteiger partial charge in [-0.1, -0.05) is 22.0 Å². The quantitative estimate of drug-likeness (QED) is 0.807. The fourth-order valence-corrected chi connectivity index (χ4v) is 3.38. The van der Waals surface area contributed by atoms with Crippen molar-refractivity contribution in [2.45, 2.75) is 32.7 Å². The molecule has 2 atom stereocenters. The Morgan fingerprint density at radius 3 is 2.92 bits per heavy atom. The van der Waals surface area contributed by atoms with Crippen LogP contribution in [0.1, 0.15) is 25.5 Å². The maximum absolute atomic E-state index is 12.6. The molecule has 2 aromatic rings. The van der Waals surface area contributed by atoms with Crippen molar-refractivity contribution in [1.29, 1.82) is 0 Å². The molecule has 2 heterocycles. The zero-order valence-corrected chi connectivity index (χ0v) is 16.2. The van der Waals surface area contributed by atoms with E-state index in [0.717, 1.165) is 41.1 Å². The van der Waals surface area contributed by atoms with E-state index in [1.807, 2.05) is 37.3 Å². The van der Waals surface area contributed by atoms with Crippen molar-refractivity contribution in [3.8, 4) is 5.69 Å². The average Bonchev–Trinajstić information content (AvgIpc) is 2.88. The van der Waals surface area contributed by atoms with Crippen molar-refractivity contribution >= 4 is 40.1 Å². The number of amides is 1. The summed E-state index contributed by atoms with van der Waals surface area (Å²) in [6.45, 7) is 4.94. The van der Waals surface area contributed by atoms with Crippen molar-refractivity contribution in [2.75, 3.05) is 11.9 Å². The van der Waals surface area contributed by atoms with Crippen LogP contribution in [-0.2, 0) is 4.79 Å². The van der Waals surface area contributed by atoms with Crippen molar-refractivity contribution in [3.63, 3.8) is 0 Å². The van der Waals surface area contributed by atoms with Crippen LogP contribution in [0.15, 0.2) is 34.8 Å². The van der Waals surface area contributed by atoms with Gasteiger partial charge in [0.1, 0.15) is 5.82 Å². The van der Waals surface area contributed by atoms with E-state index in [9.17, 15) is 4.79 Å². The molecule has 1 aromatic heterocycles. The molecule has 7 heteroatoms. The van der Waals surface area contributed by atoms with Crippen molar-refractivity contribution in [2.24, 2.45) is 5.92 Å². The summed E-state index contributed by atoms with van der Waals surface area (Å²) in [5.74, 6) is 0.851. The van der Waals surface area contributed by atoms with Crippen LogP contribution in [0.5, 0.6) is 0 Å². The third kappa shape index (κ3) is 4.37. The molecule has 0 aliphatic carbocycles. The number of carbonyl (C=O) groups is 1. The topological polar surface area (TPSA) is 59.0 Å². The predicted molar refractivity (Wildman–Crippen MR) is 102 cm³/mol. The number of benzene rings is 1. The highest BCUT2D eigenvalue weighted by Gasteiger charge is 2.25. The number of piperidine rings is 1. The van der Waals surface area contributed by atoms with Crippen LogP contribution in [0.2, 0.25) is 0 Å². The van der Waals surface area contributed by atoms with Gasteiger partial charge >= 0.3 is 0 Å². The van der Waals surface area contributed by atoms with E-state index in [1.165, 1.54) is 0 Å². The van der Waals surface area contributed by atoms with Crippen molar-refractivity contribution in [3.05, 3.63) is 40.5 Å². The lowest BCUT2D eigenvalue weighted by Crippen LogP contribution is -2.40. The van der Waals surface area contributed by atoms with Gasteiger partial charge in [-0.15, -0.1) is 12.4 Å². The minimum atomic E-state index is 0. The number of aromatic nitrogens is 2. The number of anilines is 1. The standard InChI is InChI=1S/C17H21BrN4O.ClH/c1-11-8-13(6-7-19-11)17(23)20-16-9-12(2)21-22(16)15-5-3-4-14(18)10-15;/h3-5,9-11,13,19H,6-8H2,1-2H3,(H,20,23);1H/t11-,13-;/m0./s1. The molecular weight excluding hydrogens is 392 g/mol. The maximum Gasteiger partial charge on any atom is 0.228 e. The van der Waals surface area contributed by atoms with Crippen LogP contribution in [-0.4, -0.2) is 28.3 Å². The smallest absolute Gasteiger partial charge is 0.228 e. The average molecular weight is 414 g/mol. The van der Waals surface area contributed by atoms with Gasteiger partial charge in [0.15, 0.2) is 0 Å². The molecule has 1 aliphatic rings. The largest absolute Gasteiger partial charge is 0.314 e. The predicted octanol–water partition coefficient (Wildman–Crippen LogP) is 3.69. The second-order valence-electron chi connectivity index (χ2n) is 6.13. The van der Waals surface area contributed by atoms with Gasteiger partial charge in [-0.25, -0.2) is 4.68 Å². The molecule has 2 N–H and O–H groups in total. The highest BCUT2D eigenvalue weighted by Crippen LogP contribution is 2.23. The van der Waals surface area contributed by atoms with E-state index in [1.54, 1.807) is 4.68 Å². The summed E-state index contributed by atoms with van der Waals surface area (Å²) in [4.78, 5) is 12.6. The third-order valence-electron chi connectivity index (χ3n) is 4.13. The summed E-state index contributed by atoms with van der Waals surface area (Å²) in [6, 6.07) is 10.2. The lowest BCUT2D eigenvalue weighted by atomic mass is 9.92. The van der Waals surface area contributed by atoms with E-state index in [0.29, 0.717) is 6.04 Å². The van der Waals surface area contributed by atoms with Gasteiger partial charge in [0.2, 0.25) is 5.91 Å². The fraction of sp³-hybridized carbons (Fsp3) is 0.412. The minimum absolute atomic E-state index is 0. The number of hydrogen-bond donors (Lipinski definition) is 2. The van der Waals surface area contributed by atoms with E-state index in [2.05, 4.69) is 38.6 Å². The SMILES string of the molecule is Cc1cc(NC(=O)[C@H]2CCN[C@@H](C)C2)n(-c2cccc(Br)c2)n1.Cl. The van der Waals surface area contributed by atoms with Gasteiger partial charge in [-0.05, 0) is 51.4 Å². The molecule has 1 amide bonds. The molecule has 0 unspecified atom stereocenters. The van der Waals surface area contributed by atoms with Crippen LogP contribution in [0.4, 0.5) is 5.82 Å². The van der Waals surface area contributed by atoms with Gasteiger partial charge in [-0.2, -0.15) is 5.10 Å². The molecule has 0 saturated carbocycles. The second-order valence-corrected chi connectivity index (χ2v) is 7.04. The van der Waals surface area contributed by atoms with Crippen LogP contribution in [0.3, 0.4) is 0 Å². The summed E-state index contributed by atoms with van der Waals surface area (Å²) in [5, 5.41) is 10.9. The Morgan fingerprint density at radius 1 is 1.42 bits per heavy atom. The summed E-state index contributed by atoms with van der Waals surface area (Å²) in [5.41, 5.74) is 1.79. The van der Waals surface area contributed by atoms with Gasteiger partial charge in [-0.3, -0.25) is 4.79 Å². The van der Waals surface area contributed by atoms with Gasteiger partial charge in [0.25, 0.3) is 0 Å². The summed E-state index contributed by atoms with van der Waals surface area (Å²) >= 11 is 3.48. The molecule has 0 bridgehead atoms. The molecule has 1 saturated heterocycles. The number of hydrogen-bond acceptors (Lipinski definition) is 3. The van der Waals surface area contributed by atoms with Crippen LogP contribution >= 0.6 is 28.3 Å². The number of halogens is 2. The maximum atomic E-state index is 12.6. The van der Waals surface area contributed by atoms with Crippen LogP contribution in [0, 0.1) is 12.8 Å². The molecule has 130 valence electrons. The van der Waals surface area contributed by atoms with E-state index in [-0.39, 0.29) is 24.2 Å². The Morgan fingerprint density at radius 2 is 2.21 bits per heavy atom. The molecule has 1 aromatic carbocycles. The van der Waals surface area contributed by atoms with Gasteiger partial charge < -0.3 is 10.6 Å². The van der Waals surface area contributed by atoms with Crippen molar-refractivity contribution < 1.29 is 4.79 Å². The fourth-order valence-electron chi connectivity index (χ4n) is 2.99. The first-order valence-electron chi connectivity index (χ1n) is 7.90. The molecule has 1 aliphatic heterocycles. The Balaban J connectivity index is 0.00000208. The molecule has 3 rings (SSSR count). The van der Waals surface area contributed by atoms with Gasteiger partial charge in [0.05, 0.1) is 11.4 Å². The molecule has 0 spiro atoms. The second kappa shape index (κ2) is 8.14. The lowest BCUT2D eigenvalue weighted by molar-refractivity contribution is -0.120. The molecule has 1 fully saturated rings. The number of rotatable bonds is 3. The Bertz CT molecular complexity index is 718. The third-order valence-corrected chi connectivity index (χ3v) is 4.62. The normalized spacial score (nSPS) is 20.3. The highest BCUT2D eigenvalue weighted by atomic mass is 79.9. The molecular formula is C17H22BrClN4O. The van der Waals surface area contributed by atoms with E-state index < -0.39 is 0 Å². The van der Waals surface area contributed by atoms with E-state index in [4.69, 9.17) is 0 Å². The zero-order valence-electron chi connectivity index (χ0n) is 13.8. The first kappa shape index (κ1) is 19.0. The monoisotopic (exact) mass is 412 g/mol. The summed E-state index contributed by atoms with van der Waals surface area (Å²) < 4.78 is 2.76. The zero-order chi connectivity index (χ0) is 16.4. The van der Waals surface area contributed by atoms with Crippen molar-refractivity contribution in [1.82, 2.24) is 15.1 Å². The number of carbonyl (C=O) groups excluding carboxylic acids is 1. The Labute approximate surface area is 156 Å². The Hall–Kier alpha value is -1.37. The number of nitrogens with zero attached hydrogens (tertiary/aromatic N) is 2. The number of nitrogens with one attached hydrogen (secondary N) is 2. The minimum Gasteiger partial charge on any atom is -0.314 e. The van der Waals surface area contributed by atoms with Crippen LogP contribution < -0.4 is 10.6 Å². The molecule has 0 radical (unpaired) electrons. The summed E-state index contributed by atoms with van der Waals surface area (Å²) in [6.07, 6.45) is 1.75.